The van der Waals surface area contributed by atoms with E-state index in [2.05, 4.69) is 10.6 Å². The molecule has 0 aliphatic carbocycles. The van der Waals surface area contributed by atoms with Crippen LogP contribution in [0.15, 0.2) is 48.5 Å². The van der Waals surface area contributed by atoms with Crippen LogP contribution in [0.2, 0.25) is 0 Å². The quantitative estimate of drug-likeness (QED) is 0.764. The largest absolute Gasteiger partial charge is 0.494 e. The van der Waals surface area contributed by atoms with Crippen LogP contribution in [-0.2, 0) is 13.1 Å². The summed E-state index contributed by atoms with van der Waals surface area (Å²) in [5, 5.41) is 6.36. The van der Waals surface area contributed by atoms with E-state index in [0.717, 1.165) is 42.8 Å². The molecule has 0 bridgehead atoms. The minimum atomic E-state index is -0.267. The second kappa shape index (κ2) is 10.1. The standard InChI is InChI=1S/C22H28FN3O2/c1-2-28-21-9-5-17(6-10-21)15-25-22(27)26(20-11-13-24-14-12-20)16-18-3-7-19(23)8-4-18/h3-10,20,24H,2,11-16H2,1H3,(H,25,27). The zero-order chi connectivity index (χ0) is 19.8. The fourth-order valence-corrected chi connectivity index (χ4v) is 3.42. The summed E-state index contributed by atoms with van der Waals surface area (Å²) in [4.78, 5) is 14.8. The van der Waals surface area contributed by atoms with Crippen LogP contribution in [0.25, 0.3) is 0 Å². The summed E-state index contributed by atoms with van der Waals surface area (Å²) in [5.41, 5.74) is 1.94. The van der Waals surface area contributed by atoms with Gasteiger partial charge in [0, 0.05) is 19.1 Å². The van der Waals surface area contributed by atoms with Gasteiger partial charge < -0.3 is 20.3 Å². The van der Waals surface area contributed by atoms with Gasteiger partial charge in [0.25, 0.3) is 0 Å². The molecule has 1 aliphatic heterocycles. The van der Waals surface area contributed by atoms with Crippen LogP contribution in [0.1, 0.15) is 30.9 Å². The van der Waals surface area contributed by atoms with Crippen molar-refractivity contribution in [2.75, 3.05) is 19.7 Å². The van der Waals surface area contributed by atoms with Gasteiger partial charge in [-0.3, -0.25) is 0 Å². The molecule has 1 heterocycles. The molecule has 2 aromatic rings. The average Bonchev–Trinajstić information content (AvgIpc) is 2.73. The molecular weight excluding hydrogens is 357 g/mol. The smallest absolute Gasteiger partial charge is 0.318 e. The van der Waals surface area contributed by atoms with E-state index in [0.29, 0.717) is 19.7 Å². The molecule has 2 N–H and O–H groups in total. The van der Waals surface area contributed by atoms with Crippen molar-refractivity contribution in [1.29, 1.82) is 0 Å². The highest BCUT2D eigenvalue weighted by molar-refractivity contribution is 5.74. The number of urea groups is 1. The van der Waals surface area contributed by atoms with Gasteiger partial charge in [-0.05, 0) is 68.2 Å². The Morgan fingerprint density at radius 3 is 2.39 bits per heavy atom. The van der Waals surface area contributed by atoms with E-state index in [4.69, 9.17) is 4.74 Å². The summed E-state index contributed by atoms with van der Waals surface area (Å²) >= 11 is 0. The van der Waals surface area contributed by atoms with Gasteiger partial charge in [-0.25, -0.2) is 9.18 Å². The highest BCUT2D eigenvalue weighted by atomic mass is 19.1. The number of amides is 2. The summed E-state index contributed by atoms with van der Waals surface area (Å²) in [6, 6.07) is 14.2. The third-order valence-electron chi connectivity index (χ3n) is 4.95. The molecule has 0 atom stereocenters. The monoisotopic (exact) mass is 385 g/mol. The molecule has 2 amide bonds. The summed E-state index contributed by atoms with van der Waals surface area (Å²) in [6.45, 7) is 5.30. The Morgan fingerprint density at radius 2 is 1.75 bits per heavy atom. The molecule has 2 aromatic carbocycles. The molecule has 1 aliphatic rings. The van der Waals surface area contributed by atoms with Gasteiger partial charge in [0.15, 0.2) is 0 Å². The molecule has 3 rings (SSSR count). The van der Waals surface area contributed by atoms with Gasteiger partial charge in [-0.1, -0.05) is 24.3 Å². The lowest BCUT2D eigenvalue weighted by Gasteiger charge is -2.35. The summed E-state index contributed by atoms with van der Waals surface area (Å²) < 4.78 is 18.7. The topological polar surface area (TPSA) is 53.6 Å². The van der Waals surface area contributed by atoms with E-state index >= 15 is 0 Å². The predicted molar refractivity (Wildman–Crippen MR) is 108 cm³/mol. The van der Waals surface area contributed by atoms with Gasteiger partial charge in [0.2, 0.25) is 0 Å². The number of nitrogens with zero attached hydrogens (tertiary/aromatic N) is 1. The maximum absolute atomic E-state index is 13.2. The van der Waals surface area contributed by atoms with Crippen molar-refractivity contribution in [1.82, 2.24) is 15.5 Å². The van der Waals surface area contributed by atoms with Crippen molar-refractivity contribution in [2.45, 2.75) is 38.9 Å². The molecule has 0 aromatic heterocycles. The van der Waals surface area contributed by atoms with Crippen molar-refractivity contribution < 1.29 is 13.9 Å². The lowest BCUT2D eigenvalue weighted by atomic mass is 10.0. The minimum Gasteiger partial charge on any atom is -0.494 e. The van der Waals surface area contributed by atoms with Crippen molar-refractivity contribution >= 4 is 6.03 Å². The summed E-state index contributed by atoms with van der Waals surface area (Å²) in [5.74, 6) is 0.558. The van der Waals surface area contributed by atoms with Crippen molar-refractivity contribution in [3.63, 3.8) is 0 Å². The number of halogens is 1. The lowest BCUT2D eigenvalue weighted by molar-refractivity contribution is 0.154. The summed E-state index contributed by atoms with van der Waals surface area (Å²) in [7, 11) is 0. The summed E-state index contributed by atoms with van der Waals surface area (Å²) in [6.07, 6.45) is 1.83. The van der Waals surface area contributed by atoms with Gasteiger partial charge in [-0.15, -0.1) is 0 Å². The number of nitrogens with one attached hydrogen (secondary N) is 2. The Labute approximate surface area is 165 Å². The predicted octanol–water partition coefficient (Wildman–Crippen LogP) is 3.69. The number of hydrogen-bond acceptors (Lipinski definition) is 3. The Balaban J connectivity index is 1.64. The second-order valence-corrected chi connectivity index (χ2v) is 6.97. The number of ether oxygens (including phenoxy) is 1. The number of carbonyl (C=O) groups excluding carboxylic acids is 1. The van der Waals surface area contributed by atoms with Crippen LogP contribution >= 0.6 is 0 Å². The van der Waals surface area contributed by atoms with Crippen LogP contribution < -0.4 is 15.4 Å². The van der Waals surface area contributed by atoms with Crippen LogP contribution in [0, 0.1) is 5.82 Å². The highest BCUT2D eigenvalue weighted by Crippen LogP contribution is 2.17. The Hall–Kier alpha value is -2.60. The lowest BCUT2D eigenvalue weighted by Crippen LogP contribution is -2.49. The zero-order valence-electron chi connectivity index (χ0n) is 16.3. The maximum atomic E-state index is 13.2. The zero-order valence-corrected chi connectivity index (χ0v) is 16.3. The first kappa shape index (κ1) is 20.1. The number of carbonyl (C=O) groups is 1. The van der Waals surface area contributed by atoms with Gasteiger partial charge >= 0.3 is 6.03 Å². The van der Waals surface area contributed by atoms with E-state index < -0.39 is 0 Å². The minimum absolute atomic E-state index is 0.0925. The SMILES string of the molecule is CCOc1ccc(CNC(=O)N(Cc2ccc(F)cc2)C2CCNCC2)cc1. The molecule has 6 heteroatoms. The number of benzene rings is 2. The average molecular weight is 385 g/mol. The molecule has 28 heavy (non-hydrogen) atoms. The van der Waals surface area contributed by atoms with Gasteiger partial charge in [0.05, 0.1) is 6.61 Å². The number of rotatable bonds is 7. The van der Waals surface area contributed by atoms with Crippen LogP contribution in [0.3, 0.4) is 0 Å². The van der Waals surface area contributed by atoms with E-state index in [-0.39, 0.29) is 17.9 Å². The second-order valence-electron chi connectivity index (χ2n) is 6.97. The molecular formula is C22H28FN3O2. The first-order chi connectivity index (χ1) is 13.7. The van der Waals surface area contributed by atoms with E-state index in [1.807, 2.05) is 36.1 Å². The molecule has 5 nitrogen and oxygen atoms in total. The fourth-order valence-electron chi connectivity index (χ4n) is 3.42. The molecule has 150 valence electrons. The first-order valence-electron chi connectivity index (χ1n) is 9.87. The molecule has 0 spiro atoms. The fraction of sp³-hybridized carbons (Fsp3) is 0.409. The van der Waals surface area contributed by atoms with Gasteiger partial charge in [0.1, 0.15) is 11.6 Å². The van der Waals surface area contributed by atoms with Crippen molar-refractivity contribution in [3.8, 4) is 5.75 Å². The Bertz CT molecular complexity index is 743. The van der Waals surface area contributed by atoms with Crippen molar-refractivity contribution in [3.05, 3.63) is 65.5 Å². The number of hydrogen-bond donors (Lipinski definition) is 2. The maximum Gasteiger partial charge on any atom is 0.318 e. The van der Waals surface area contributed by atoms with Crippen molar-refractivity contribution in [2.24, 2.45) is 0 Å². The van der Waals surface area contributed by atoms with Crippen LogP contribution in [0.4, 0.5) is 9.18 Å². The van der Waals surface area contributed by atoms with Crippen LogP contribution in [-0.4, -0.2) is 36.7 Å². The molecule has 0 radical (unpaired) electrons. The molecule has 1 saturated heterocycles. The van der Waals surface area contributed by atoms with E-state index in [1.165, 1.54) is 12.1 Å². The Morgan fingerprint density at radius 1 is 1.11 bits per heavy atom. The molecule has 0 unspecified atom stereocenters. The Kier molecular flexibility index (Phi) is 7.25. The van der Waals surface area contributed by atoms with Gasteiger partial charge in [-0.2, -0.15) is 0 Å². The van der Waals surface area contributed by atoms with Crippen LogP contribution in [0.5, 0.6) is 5.75 Å². The third-order valence-corrected chi connectivity index (χ3v) is 4.95. The molecule has 1 fully saturated rings. The van der Waals surface area contributed by atoms with E-state index in [1.54, 1.807) is 12.1 Å². The first-order valence-corrected chi connectivity index (χ1v) is 9.87. The van der Waals surface area contributed by atoms with E-state index in [9.17, 15) is 9.18 Å². The highest BCUT2D eigenvalue weighted by Gasteiger charge is 2.25. The number of piperidine rings is 1. The normalized spacial score (nSPS) is 14.5. The third kappa shape index (κ3) is 5.70. The molecule has 0 saturated carbocycles.